The monoisotopic (exact) mass is 307 g/mol. The number of aryl methyl sites for hydroxylation is 1. The lowest BCUT2D eigenvalue weighted by molar-refractivity contribution is 0.248. The molecule has 0 amide bonds. The van der Waals surface area contributed by atoms with Crippen LogP contribution in [-0.2, 0) is 6.54 Å². The Morgan fingerprint density at radius 3 is 2.78 bits per heavy atom. The first kappa shape index (κ1) is 15.4. The van der Waals surface area contributed by atoms with Crippen LogP contribution in [-0.4, -0.2) is 31.7 Å². The van der Waals surface area contributed by atoms with Crippen LogP contribution in [0.25, 0.3) is 5.69 Å². The topological polar surface area (TPSA) is 46.8 Å². The fourth-order valence-electron chi connectivity index (χ4n) is 2.66. The zero-order chi connectivity index (χ0) is 16.2. The van der Waals surface area contributed by atoms with Gasteiger partial charge in [-0.3, -0.25) is 4.90 Å². The van der Waals surface area contributed by atoms with E-state index in [1.807, 2.05) is 23.0 Å². The third kappa shape index (κ3) is 3.46. The van der Waals surface area contributed by atoms with Crippen molar-refractivity contribution in [2.45, 2.75) is 26.4 Å². The van der Waals surface area contributed by atoms with E-state index >= 15 is 0 Å². The standard InChI is InChI=1S/C18H21N5/c1-14-5-6-18(23-10-4-8-21-23)16(11-14)12-22(3)15(2)17-7-9-19-13-20-17/h4-11,13,15H,12H2,1-3H3. The number of rotatable bonds is 5. The Bertz CT molecular complexity index is 752. The summed E-state index contributed by atoms with van der Waals surface area (Å²) in [7, 11) is 2.11. The molecule has 5 nitrogen and oxygen atoms in total. The minimum absolute atomic E-state index is 0.212. The third-order valence-electron chi connectivity index (χ3n) is 4.10. The largest absolute Gasteiger partial charge is 0.294 e. The number of aromatic nitrogens is 4. The molecule has 0 bridgehead atoms. The van der Waals surface area contributed by atoms with Crippen LogP contribution in [0, 0.1) is 6.92 Å². The van der Waals surface area contributed by atoms with E-state index in [9.17, 15) is 0 Å². The first-order valence-electron chi connectivity index (χ1n) is 7.71. The smallest absolute Gasteiger partial charge is 0.115 e. The lowest BCUT2D eigenvalue weighted by atomic mass is 10.1. The van der Waals surface area contributed by atoms with Crippen LogP contribution in [0.5, 0.6) is 0 Å². The highest BCUT2D eigenvalue weighted by Crippen LogP contribution is 2.22. The molecule has 0 aliphatic heterocycles. The van der Waals surface area contributed by atoms with Crippen LogP contribution in [0.15, 0.2) is 55.2 Å². The second kappa shape index (κ2) is 6.71. The molecule has 0 saturated heterocycles. The minimum atomic E-state index is 0.212. The Balaban J connectivity index is 1.86. The van der Waals surface area contributed by atoms with Crippen molar-refractivity contribution in [1.29, 1.82) is 0 Å². The summed E-state index contributed by atoms with van der Waals surface area (Å²) in [4.78, 5) is 10.6. The van der Waals surface area contributed by atoms with Crippen molar-refractivity contribution in [3.63, 3.8) is 0 Å². The Labute approximate surface area is 136 Å². The summed E-state index contributed by atoms with van der Waals surface area (Å²) in [5, 5.41) is 4.36. The molecule has 0 radical (unpaired) electrons. The zero-order valence-corrected chi connectivity index (χ0v) is 13.7. The van der Waals surface area contributed by atoms with Crippen LogP contribution < -0.4 is 0 Å². The fraction of sp³-hybridized carbons (Fsp3) is 0.278. The fourth-order valence-corrected chi connectivity index (χ4v) is 2.66. The molecule has 3 aromatic rings. The predicted molar refractivity (Wildman–Crippen MR) is 90.2 cm³/mol. The molecule has 0 saturated carbocycles. The molecule has 2 aromatic heterocycles. The second-order valence-electron chi connectivity index (χ2n) is 5.81. The van der Waals surface area contributed by atoms with Gasteiger partial charge in [-0.05, 0) is 44.7 Å². The average Bonchev–Trinajstić information content (AvgIpc) is 3.09. The van der Waals surface area contributed by atoms with Crippen LogP contribution in [0.2, 0.25) is 0 Å². The number of hydrogen-bond acceptors (Lipinski definition) is 4. The summed E-state index contributed by atoms with van der Waals surface area (Å²) < 4.78 is 1.91. The summed E-state index contributed by atoms with van der Waals surface area (Å²) in [5.74, 6) is 0. The minimum Gasteiger partial charge on any atom is -0.294 e. The lowest BCUT2D eigenvalue weighted by Gasteiger charge is -2.25. The molecular weight excluding hydrogens is 286 g/mol. The lowest BCUT2D eigenvalue weighted by Crippen LogP contribution is -2.23. The van der Waals surface area contributed by atoms with E-state index in [1.165, 1.54) is 11.1 Å². The van der Waals surface area contributed by atoms with Crippen molar-refractivity contribution in [1.82, 2.24) is 24.6 Å². The molecule has 23 heavy (non-hydrogen) atoms. The van der Waals surface area contributed by atoms with Gasteiger partial charge in [0.15, 0.2) is 0 Å². The van der Waals surface area contributed by atoms with Gasteiger partial charge >= 0.3 is 0 Å². The van der Waals surface area contributed by atoms with Gasteiger partial charge in [-0.25, -0.2) is 14.6 Å². The highest BCUT2D eigenvalue weighted by atomic mass is 15.3. The second-order valence-corrected chi connectivity index (χ2v) is 5.81. The highest BCUT2D eigenvalue weighted by Gasteiger charge is 2.15. The van der Waals surface area contributed by atoms with E-state index in [-0.39, 0.29) is 6.04 Å². The molecule has 5 heteroatoms. The normalized spacial score (nSPS) is 12.5. The molecule has 1 aromatic carbocycles. The molecule has 0 spiro atoms. The molecule has 3 rings (SSSR count). The zero-order valence-electron chi connectivity index (χ0n) is 13.7. The quantitative estimate of drug-likeness (QED) is 0.726. The molecule has 1 atom stereocenters. The third-order valence-corrected chi connectivity index (χ3v) is 4.10. The van der Waals surface area contributed by atoms with Gasteiger partial charge in [0, 0.05) is 31.2 Å². The number of hydrogen-bond donors (Lipinski definition) is 0. The Morgan fingerprint density at radius 2 is 2.09 bits per heavy atom. The molecular formula is C18H21N5. The number of benzene rings is 1. The van der Waals surface area contributed by atoms with E-state index in [1.54, 1.807) is 18.7 Å². The Hall–Kier alpha value is -2.53. The van der Waals surface area contributed by atoms with Crippen LogP contribution >= 0.6 is 0 Å². The molecule has 2 heterocycles. The van der Waals surface area contributed by atoms with E-state index in [0.29, 0.717) is 0 Å². The van der Waals surface area contributed by atoms with E-state index < -0.39 is 0 Å². The van der Waals surface area contributed by atoms with Gasteiger partial charge < -0.3 is 0 Å². The molecule has 0 aliphatic carbocycles. The van der Waals surface area contributed by atoms with Crippen LogP contribution in [0.1, 0.15) is 29.8 Å². The van der Waals surface area contributed by atoms with Gasteiger partial charge in [-0.15, -0.1) is 0 Å². The average molecular weight is 307 g/mol. The summed E-state index contributed by atoms with van der Waals surface area (Å²) in [6.07, 6.45) is 7.16. The van der Waals surface area contributed by atoms with Gasteiger partial charge in [0.05, 0.1) is 11.4 Å². The van der Waals surface area contributed by atoms with Gasteiger partial charge in [0.25, 0.3) is 0 Å². The van der Waals surface area contributed by atoms with Crippen molar-refractivity contribution in [2.75, 3.05) is 7.05 Å². The Kier molecular flexibility index (Phi) is 4.48. The van der Waals surface area contributed by atoms with E-state index in [0.717, 1.165) is 17.9 Å². The van der Waals surface area contributed by atoms with Crippen molar-refractivity contribution >= 4 is 0 Å². The van der Waals surface area contributed by atoms with Crippen molar-refractivity contribution < 1.29 is 0 Å². The molecule has 1 unspecified atom stereocenters. The van der Waals surface area contributed by atoms with Crippen molar-refractivity contribution in [2.24, 2.45) is 0 Å². The molecule has 0 fully saturated rings. The summed E-state index contributed by atoms with van der Waals surface area (Å²) in [5.41, 5.74) is 4.63. The van der Waals surface area contributed by atoms with E-state index in [4.69, 9.17) is 0 Å². The highest BCUT2D eigenvalue weighted by molar-refractivity contribution is 5.42. The maximum absolute atomic E-state index is 4.36. The first-order valence-corrected chi connectivity index (χ1v) is 7.71. The summed E-state index contributed by atoms with van der Waals surface area (Å²) in [6.45, 7) is 5.10. The molecule has 0 N–H and O–H groups in total. The SMILES string of the molecule is Cc1ccc(-n2cccn2)c(CN(C)C(C)c2ccncn2)c1. The summed E-state index contributed by atoms with van der Waals surface area (Å²) in [6, 6.07) is 10.6. The van der Waals surface area contributed by atoms with Gasteiger partial charge in [0.1, 0.15) is 6.33 Å². The van der Waals surface area contributed by atoms with Crippen molar-refractivity contribution in [3.05, 3.63) is 72.1 Å². The van der Waals surface area contributed by atoms with E-state index in [2.05, 4.69) is 59.1 Å². The van der Waals surface area contributed by atoms with Gasteiger partial charge in [-0.1, -0.05) is 17.7 Å². The molecule has 0 aliphatic rings. The predicted octanol–water partition coefficient (Wildman–Crippen LogP) is 3.16. The Morgan fingerprint density at radius 1 is 1.22 bits per heavy atom. The van der Waals surface area contributed by atoms with Crippen LogP contribution in [0.4, 0.5) is 0 Å². The maximum atomic E-state index is 4.36. The maximum Gasteiger partial charge on any atom is 0.115 e. The van der Waals surface area contributed by atoms with Crippen LogP contribution in [0.3, 0.4) is 0 Å². The molecule has 118 valence electrons. The van der Waals surface area contributed by atoms with Crippen molar-refractivity contribution in [3.8, 4) is 5.69 Å². The van der Waals surface area contributed by atoms with Gasteiger partial charge in [-0.2, -0.15) is 5.10 Å². The summed E-state index contributed by atoms with van der Waals surface area (Å²) >= 11 is 0. The van der Waals surface area contributed by atoms with Gasteiger partial charge in [0.2, 0.25) is 0 Å². The number of nitrogens with zero attached hydrogens (tertiary/aromatic N) is 5. The first-order chi connectivity index (χ1) is 11.1.